The van der Waals surface area contributed by atoms with Crippen molar-refractivity contribution in [2.24, 2.45) is 0 Å². The van der Waals surface area contributed by atoms with E-state index in [9.17, 15) is 23.3 Å². The van der Waals surface area contributed by atoms with Gasteiger partial charge in [0.05, 0.1) is 18.2 Å². The normalized spacial score (nSPS) is 11.3. The number of hydrogen-bond donors (Lipinski definition) is 1. The van der Waals surface area contributed by atoms with E-state index in [4.69, 9.17) is 4.42 Å². The Hall–Kier alpha value is -2.51. The summed E-state index contributed by atoms with van der Waals surface area (Å²) in [5, 5.41) is 13.0. The van der Waals surface area contributed by atoms with Crippen molar-refractivity contribution in [2.75, 3.05) is 5.32 Å². The Balaban J connectivity index is 2.13. The lowest BCUT2D eigenvalue weighted by Gasteiger charge is -2.13. The van der Waals surface area contributed by atoms with Crippen LogP contribution in [0.15, 0.2) is 40.8 Å². The van der Waals surface area contributed by atoms with E-state index in [1.807, 2.05) is 0 Å². The lowest BCUT2D eigenvalue weighted by molar-refractivity contribution is -0.402. The summed E-state index contributed by atoms with van der Waals surface area (Å²) in [6.45, 7) is -0.0824. The molecule has 0 aliphatic heterocycles. The van der Waals surface area contributed by atoms with Crippen molar-refractivity contribution in [3.63, 3.8) is 0 Å². The molecule has 20 heavy (non-hydrogen) atoms. The number of nitrogens with one attached hydrogen (secondary N) is 1. The molecular formula is C12H9F3N2O3. The van der Waals surface area contributed by atoms with Gasteiger partial charge in [-0.05, 0) is 18.2 Å². The summed E-state index contributed by atoms with van der Waals surface area (Å²) >= 11 is 0. The standard InChI is InChI=1S/C12H9F3N2O3/c13-12(14,15)9-3-1-2-4-10(9)16-7-8-5-6-11(20-8)17(18)19/h1-6,16H,7H2. The largest absolute Gasteiger partial charge is 0.433 e. The number of para-hydroxylation sites is 1. The van der Waals surface area contributed by atoms with Gasteiger partial charge in [-0.15, -0.1) is 0 Å². The number of anilines is 1. The Kier molecular flexibility index (Phi) is 3.64. The Morgan fingerprint density at radius 2 is 1.90 bits per heavy atom. The molecule has 5 nitrogen and oxygen atoms in total. The zero-order valence-electron chi connectivity index (χ0n) is 9.98. The van der Waals surface area contributed by atoms with E-state index >= 15 is 0 Å². The van der Waals surface area contributed by atoms with E-state index in [-0.39, 0.29) is 18.0 Å². The molecule has 0 bridgehead atoms. The minimum atomic E-state index is -4.47. The van der Waals surface area contributed by atoms with Gasteiger partial charge in [0.15, 0.2) is 0 Å². The molecule has 0 amide bonds. The van der Waals surface area contributed by atoms with Gasteiger partial charge in [0.2, 0.25) is 0 Å². The lowest BCUT2D eigenvalue weighted by Crippen LogP contribution is -2.10. The smallest absolute Gasteiger partial charge is 0.404 e. The average molecular weight is 286 g/mol. The molecule has 2 rings (SSSR count). The van der Waals surface area contributed by atoms with Crippen molar-refractivity contribution in [3.8, 4) is 0 Å². The van der Waals surface area contributed by atoms with Crippen LogP contribution in [0.1, 0.15) is 11.3 Å². The van der Waals surface area contributed by atoms with Crippen molar-refractivity contribution in [2.45, 2.75) is 12.7 Å². The molecule has 0 aliphatic rings. The van der Waals surface area contributed by atoms with Crippen LogP contribution in [0, 0.1) is 10.1 Å². The molecule has 1 aromatic carbocycles. The maximum Gasteiger partial charge on any atom is 0.433 e. The zero-order valence-corrected chi connectivity index (χ0v) is 9.98. The van der Waals surface area contributed by atoms with E-state index in [0.717, 1.165) is 12.1 Å². The van der Waals surface area contributed by atoms with Crippen LogP contribution in [0.2, 0.25) is 0 Å². The molecule has 0 saturated carbocycles. The van der Waals surface area contributed by atoms with Crippen molar-refractivity contribution in [1.82, 2.24) is 0 Å². The second-order valence-electron chi connectivity index (χ2n) is 3.89. The Morgan fingerprint density at radius 3 is 2.50 bits per heavy atom. The Bertz CT molecular complexity index is 622. The van der Waals surface area contributed by atoms with E-state index < -0.39 is 22.5 Å². The van der Waals surface area contributed by atoms with E-state index in [1.54, 1.807) is 0 Å². The van der Waals surface area contributed by atoms with Crippen LogP contribution in [0.25, 0.3) is 0 Å². The SMILES string of the molecule is O=[N+]([O-])c1ccc(CNc2ccccc2C(F)(F)F)o1. The Labute approximate surface area is 111 Å². The van der Waals surface area contributed by atoms with Crippen LogP contribution in [0.3, 0.4) is 0 Å². The molecule has 106 valence electrons. The predicted molar refractivity (Wildman–Crippen MR) is 64.1 cm³/mol. The van der Waals surface area contributed by atoms with Gasteiger partial charge in [0.1, 0.15) is 10.7 Å². The molecule has 0 unspecified atom stereocenters. The maximum atomic E-state index is 12.7. The number of nitrogens with zero attached hydrogens (tertiary/aromatic N) is 1. The summed E-state index contributed by atoms with van der Waals surface area (Å²) in [7, 11) is 0. The number of alkyl halides is 3. The fourth-order valence-electron chi connectivity index (χ4n) is 1.63. The summed E-state index contributed by atoms with van der Waals surface area (Å²) < 4.78 is 43.0. The first-order valence-electron chi connectivity index (χ1n) is 5.51. The Morgan fingerprint density at radius 1 is 1.20 bits per heavy atom. The zero-order chi connectivity index (χ0) is 14.8. The maximum absolute atomic E-state index is 12.7. The van der Waals surface area contributed by atoms with Gasteiger partial charge in [-0.25, -0.2) is 0 Å². The first-order valence-corrected chi connectivity index (χ1v) is 5.51. The molecule has 0 aliphatic carbocycles. The number of rotatable bonds is 4. The lowest BCUT2D eigenvalue weighted by atomic mass is 10.1. The van der Waals surface area contributed by atoms with Crippen LogP contribution in [-0.4, -0.2) is 4.92 Å². The van der Waals surface area contributed by atoms with Crippen LogP contribution >= 0.6 is 0 Å². The van der Waals surface area contributed by atoms with Gasteiger partial charge in [-0.3, -0.25) is 10.1 Å². The highest BCUT2D eigenvalue weighted by molar-refractivity contribution is 5.52. The van der Waals surface area contributed by atoms with Crippen molar-refractivity contribution in [3.05, 3.63) is 57.8 Å². The van der Waals surface area contributed by atoms with E-state index in [2.05, 4.69) is 5.32 Å². The first-order chi connectivity index (χ1) is 9.38. The van der Waals surface area contributed by atoms with Crippen LogP contribution < -0.4 is 5.32 Å². The minimum Gasteiger partial charge on any atom is -0.404 e. The van der Waals surface area contributed by atoms with Crippen molar-refractivity contribution >= 4 is 11.6 Å². The number of nitro groups is 1. The fourth-order valence-corrected chi connectivity index (χ4v) is 1.63. The van der Waals surface area contributed by atoms with Gasteiger partial charge < -0.3 is 9.73 Å². The highest BCUT2D eigenvalue weighted by Crippen LogP contribution is 2.34. The van der Waals surface area contributed by atoms with Crippen LogP contribution in [-0.2, 0) is 12.7 Å². The van der Waals surface area contributed by atoms with Crippen molar-refractivity contribution < 1.29 is 22.5 Å². The molecule has 0 fully saturated rings. The average Bonchev–Trinajstić information content (AvgIpc) is 2.84. The van der Waals surface area contributed by atoms with E-state index in [0.29, 0.717) is 0 Å². The molecule has 1 heterocycles. The third-order valence-corrected chi connectivity index (χ3v) is 2.51. The van der Waals surface area contributed by atoms with Gasteiger partial charge in [-0.2, -0.15) is 13.2 Å². The summed E-state index contributed by atoms with van der Waals surface area (Å²) in [5.74, 6) is -0.278. The summed E-state index contributed by atoms with van der Waals surface area (Å²) in [6, 6.07) is 7.45. The molecule has 0 radical (unpaired) electrons. The third-order valence-electron chi connectivity index (χ3n) is 2.51. The highest BCUT2D eigenvalue weighted by atomic mass is 19.4. The summed E-state index contributed by atoms with van der Waals surface area (Å²) in [6.07, 6.45) is -4.47. The fraction of sp³-hybridized carbons (Fsp3) is 0.167. The molecule has 8 heteroatoms. The molecule has 0 atom stereocenters. The number of halogens is 3. The second kappa shape index (κ2) is 5.24. The minimum absolute atomic E-state index is 0.0824. The molecular weight excluding hydrogens is 277 g/mol. The van der Waals surface area contributed by atoms with Gasteiger partial charge in [0.25, 0.3) is 0 Å². The molecule has 1 N–H and O–H groups in total. The predicted octanol–water partition coefficient (Wildman–Crippen LogP) is 3.82. The molecule has 0 spiro atoms. The third kappa shape index (κ3) is 3.08. The molecule has 0 saturated heterocycles. The van der Waals surface area contributed by atoms with Crippen LogP contribution in [0.5, 0.6) is 0 Å². The van der Waals surface area contributed by atoms with Crippen molar-refractivity contribution in [1.29, 1.82) is 0 Å². The summed E-state index contributed by atoms with van der Waals surface area (Å²) in [5.41, 5.74) is -0.917. The van der Waals surface area contributed by atoms with Gasteiger partial charge in [-0.1, -0.05) is 12.1 Å². The topological polar surface area (TPSA) is 68.3 Å². The van der Waals surface area contributed by atoms with E-state index in [1.165, 1.54) is 24.3 Å². The quantitative estimate of drug-likeness (QED) is 0.685. The number of benzene rings is 1. The molecule has 2 aromatic rings. The second-order valence-corrected chi connectivity index (χ2v) is 3.89. The number of hydrogen-bond acceptors (Lipinski definition) is 4. The first kappa shape index (κ1) is 13.9. The monoisotopic (exact) mass is 286 g/mol. The van der Waals surface area contributed by atoms with Gasteiger partial charge >= 0.3 is 12.1 Å². The van der Waals surface area contributed by atoms with Gasteiger partial charge in [0, 0.05) is 5.69 Å². The summed E-state index contributed by atoms with van der Waals surface area (Å²) in [4.78, 5) is 9.70. The number of furan rings is 1. The van der Waals surface area contributed by atoms with Crippen LogP contribution in [0.4, 0.5) is 24.7 Å². The highest BCUT2D eigenvalue weighted by Gasteiger charge is 2.33. The molecule has 1 aromatic heterocycles.